The van der Waals surface area contributed by atoms with Gasteiger partial charge in [-0.05, 0) is 45.8 Å². The molecule has 0 N–H and O–H groups in total. The highest BCUT2D eigenvalue weighted by Gasteiger charge is 2.60. The highest BCUT2D eigenvalue weighted by atomic mass is 31.3. The maximum atomic E-state index is 13.3. The van der Waals surface area contributed by atoms with Gasteiger partial charge in [-0.2, -0.15) is 0 Å². The van der Waals surface area contributed by atoms with Crippen LogP contribution in [0.2, 0.25) is 0 Å². The second-order valence-electron chi connectivity index (χ2n) is 4.18. The molecule has 0 radical (unpaired) electrons. The SMILES string of the molecule is CCOP(=O)(OCC)N(P(=O)(OCC)OCC)P(=O)(OCC)OCC. The predicted octanol–water partition coefficient (Wildman–Crippen LogP) is 4.83. The van der Waals surface area contributed by atoms with Crippen LogP contribution < -0.4 is 0 Å². The Balaban J connectivity index is 6.49. The predicted molar refractivity (Wildman–Crippen MR) is 94.4 cm³/mol. The van der Waals surface area contributed by atoms with E-state index in [1.54, 1.807) is 41.5 Å². The molecule has 152 valence electrons. The minimum atomic E-state index is -4.38. The quantitative estimate of drug-likeness (QED) is 0.338. The fourth-order valence-electron chi connectivity index (χ4n) is 1.80. The lowest BCUT2D eigenvalue weighted by Crippen LogP contribution is -2.23. The Morgan fingerprint density at radius 3 is 0.760 bits per heavy atom. The Morgan fingerprint density at radius 2 is 0.640 bits per heavy atom. The van der Waals surface area contributed by atoms with Gasteiger partial charge in [0, 0.05) is 0 Å². The van der Waals surface area contributed by atoms with E-state index in [0.717, 1.165) is 0 Å². The van der Waals surface area contributed by atoms with Crippen molar-refractivity contribution < 1.29 is 40.8 Å². The molecule has 0 heterocycles. The van der Waals surface area contributed by atoms with Gasteiger partial charge in [0.15, 0.2) is 0 Å². The van der Waals surface area contributed by atoms with E-state index in [1.165, 1.54) is 0 Å². The molecule has 0 unspecified atom stereocenters. The van der Waals surface area contributed by atoms with Crippen molar-refractivity contribution in [2.45, 2.75) is 41.5 Å². The van der Waals surface area contributed by atoms with Crippen LogP contribution in [0.15, 0.2) is 0 Å². The molecule has 0 aromatic heterocycles. The normalized spacial score (nSPS) is 13.6. The minimum Gasteiger partial charge on any atom is -0.296 e. The van der Waals surface area contributed by atoms with E-state index in [9.17, 15) is 13.7 Å². The van der Waals surface area contributed by atoms with Gasteiger partial charge in [-0.25, -0.2) is 13.7 Å². The highest BCUT2D eigenvalue weighted by molar-refractivity contribution is 7.81. The lowest BCUT2D eigenvalue weighted by atomic mass is 10.9. The average molecular weight is 425 g/mol. The van der Waals surface area contributed by atoms with E-state index >= 15 is 0 Å². The second kappa shape index (κ2) is 12.0. The van der Waals surface area contributed by atoms with Crippen molar-refractivity contribution >= 4 is 23.2 Å². The van der Waals surface area contributed by atoms with E-state index in [2.05, 4.69) is 0 Å². The van der Waals surface area contributed by atoms with Gasteiger partial charge in [0.2, 0.25) is 0 Å². The monoisotopic (exact) mass is 425 g/mol. The first-order valence-corrected chi connectivity index (χ1v) is 12.7. The third-order valence-corrected chi connectivity index (χ3v) is 11.2. The lowest BCUT2D eigenvalue weighted by molar-refractivity contribution is 0.144. The zero-order valence-corrected chi connectivity index (χ0v) is 18.4. The number of hydrogen-bond acceptors (Lipinski definition) is 9. The summed E-state index contributed by atoms with van der Waals surface area (Å²) in [7, 11) is -13.2. The molecule has 0 fully saturated rings. The molecule has 0 aliphatic carbocycles. The first-order chi connectivity index (χ1) is 11.7. The fraction of sp³-hybridized carbons (Fsp3) is 1.00. The first kappa shape index (κ1) is 25.4. The Bertz CT molecular complexity index is 415. The summed E-state index contributed by atoms with van der Waals surface area (Å²) in [5.41, 5.74) is 0. The van der Waals surface area contributed by atoms with Gasteiger partial charge < -0.3 is 0 Å². The molecule has 0 saturated carbocycles. The fourth-order valence-corrected chi connectivity index (χ4v) is 9.68. The summed E-state index contributed by atoms with van der Waals surface area (Å²) in [4.78, 5) is 0. The van der Waals surface area contributed by atoms with Crippen LogP contribution in [0.4, 0.5) is 0 Å². The molecule has 0 bridgehead atoms. The lowest BCUT2D eigenvalue weighted by Gasteiger charge is -2.36. The van der Waals surface area contributed by atoms with Gasteiger partial charge in [0.05, 0.1) is 39.6 Å². The molecular formula is C12H30NO9P3. The summed E-state index contributed by atoms with van der Waals surface area (Å²) in [6.45, 7) is 8.96. The Kier molecular flexibility index (Phi) is 12.2. The summed E-state index contributed by atoms with van der Waals surface area (Å²) >= 11 is 0. The zero-order valence-electron chi connectivity index (χ0n) is 15.7. The van der Waals surface area contributed by atoms with Crippen LogP contribution in [-0.4, -0.2) is 43.9 Å². The van der Waals surface area contributed by atoms with Crippen molar-refractivity contribution in [1.82, 2.24) is 4.21 Å². The molecule has 25 heavy (non-hydrogen) atoms. The third-order valence-electron chi connectivity index (χ3n) is 2.41. The average Bonchev–Trinajstić information content (AvgIpc) is 2.48. The van der Waals surface area contributed by atoms with Gasteiger partial charge in [-0.3, -0.25) is 27.1 Å². The molecule has 0 aliphatic heterocycles. The summed E-state index contributed by atoms with van der Waals surface area (Å²) in [6.07, 6.45) is 0. The molecule has 13 heteroatoms. The molecule has 0 aromatic rings. The van der Waals surface area contributed by atoms with E-state index in [0.29, 0.717) is 4.21 Å². The van der Waals surface area contributed by atoms with Gasteiger partial charge in [0.25, 0.3) is 0 Å². The molecule has 0 spiro atoms. The third kappa shape index (κ3) is 6.82. The van der Waals surface area contributed by atoms with Gasteiger partial charge in [0.1, 0.15) is 0 Å². The summed E-state index contributed by atoms with van der Waals surface area (Å²) in [5, 5.41) is 0. The van der Waals surface area contributed by atoms with Crippen LogP contribution in [0.5, 0.6) is 0 Å². The smallest absolute Gasteiger partial charge is 0.296 e. The molecule has 0 rings (SSSR count). The van der Waals surface area contributed by atoms with Gasteiger partial charge in [-0.15, -0.1) is 0 Å². The molecule has 0 atom stereocenters. The van der Waals surface area contributed by atoms with Gasteiger partial charge >= 0.3 is 23.2 Å². The zero-order chi connectivity index (χ0) is 19.6. The van der Waals surface area contributed by atoms with Crippen LogP contribution in [0.25, 0.3) is 0 Å². The molecule has 10 nitrogen and oxygen atoms in total. The molecule has 0 amide bonds. The van der Waals surface area contributed by atoms with Crippen LogP contribution in [0.3, 0.4) is 0 Å². The minimum absolute atomic E-state index is 0.0652. The van der Waals surface area contributed by atoms with E-state index in [-0.39, 0.29) is 39.6 Å². The van der Waals surface area contributed by atoms with Crippen LogP contribution in [-0.2, 0) is 40.8 Å². The van der Waals surface area contributed by atoms with E-state index in [4.69, 9.17) is 27.1 Å². The van der Waals surface area contributed by atoms with E-state index in [1.807, 2.05) is 0 Å². The number of nitrogens with zero attached hydrogens (tertiary/aromatic N) is 1. The maximum absolute atomic E-state index is 13.3. The Morgan fingerprint density at radius 1 is 0.480 bits per heavy atom. The standard InChI is InChI=1S/C12H30NO9P3/c1-7-17-23(14,18-8-2)13(24(15,19-9-3)20-10-4)25(16,21-11-5)22-12-6/h7-12H2,1-6H3. The molecular weight excluding hydrogens is 395 g/mol. The number of hydrogen-bond donors (Lipinski definition) is 0. The van der Waals surface area contributed by atoms with Crippen LogP contribution >= 0.6 is 23.2 Å². The highest BCUT2D eigenvalue weighted by Crippen LogP contribution is 2.81. The molecule has 0 aliphatic rings. The second-order valence-corrected chi connectivity index (χ2v) is 10.7. The van der Waals surface area contributed by atoms with Crippen molar-refractivity contribution in [3.63, 3.8) is 0 Å². The van der Waals surface area contributed by atoms with Crippen LogP contribution in [0, 0.1) is 0 Å². The maximum Gasteiger partial charge on any atom is 0.427 e. The molecule has 0 aromatic carbocycles. The van der Waals surface area contributed by atoms with Crippen LogP contribution in [0.1, 0.15) is 41.5 Å². The summed E-state index contributed by atoms with van der Waals surface area (Å²) < 4.78 is 71.6. The largest absolute Gasteiger partial charge is 0.427 e. The Hall–Kier alpha value is 0.410. The van der Waals surface area contributed by atoms with Crippen molar-refractivity contribution in [3.05, 3.63) is 0 Å². The van der Waals surface area contributed by atoms with E-state index < -0.39 is 23.2 Å². The summed E-state index contributed by atoms with van der Waals surface area (Å²) in [6, 6.07) is 0. The van der Waals surface area contributed by atoms with Gasteiger partial charge in [-0.1, -0.05) is 0 Å². The van der Waals surface area contributed by atoms with Crippen molar-refractivity contribution in [2.75, 3.05) is 39.6 Å². The van der Waals surface area contributed by atoms with Crippen molar-refractivity contribution in [2.24, 2.45) is 0 Å². The van der Waals surface area contributed by atoms with Crippen molar-refractivity contribution in [1.29, 1.82) is 0 Å². The first-order valence-electron chi connectivity index (χ1n) is 8.22. The Labute approximate surface area is 150 Å². The van der Waals surface area contributed by atoms with Crippen molar-refractivity contribution in [3.8, 4) is 0 Å². The molecule has 0 saturated heterocycles. The summed E-state index contributed by atoms with van der Waals surface area (Å²) in [5.74, 6) is 0. The topological polar surface area (TPSA) is 110 Å². The number of rotatable bonds is 15.